The van der Waals surface area contributed by atoms with Crippen molar-refractivity contribution in [1.29, 1.82) is 0 Å². The maximum Gasteiger partial charge on any atom is 0.0358 e. The molecule has 0 atom stereocenters. The SMILES string of the molecule is Cc1c(Br)ccc2sc3ccccc3c12. The molecule has 0 radical (unpaired) electrons. The molecule has 2 heteroatoms. The van der Waals surface area contributed by atoms with E-state index in [2.05, 4.69) is 59.3 Å². The summed E-state index contributed by atoms with van der Waals surface area (Å²) in [6.07, 6.45) is 0. The smallest absolute Gasteiger partial charge is 0.0358 e. The van der Waals surface area contributed by atoms with Crippen LogP contribution in [-0.4, -0.2) is 0 Å². The van der Waals surface area contributed by atoms with E-state index in [1.165, 1.54) is 30.2 Å². The highest BCUT2D eigenvalue weighted by molar-refractivity contribution is 9.10. The van der Waals surface area contributed by atoms with Gasteiger partial charge in [-0.3, -0.25) is 0 Å². The van der Waals surface area contributed by atoms with Crippen molar-refractivity contribution in [3.63, 3.8) is 0 Å². The van der Waals surface area contributed by atoms with Crippen molar-refractivity contribution in [3.05, 3.63) is 46.4 Å². The number of hydrogen-bond acceptors (Lipinski definition) is 1. The van der Waals surface area contributed by atoms with Gasteiger partial charge in [-0.1, -0.05) is 34.1 Å². The van der Waals surface area contributed by atoms with Crippen LogP contribution in [0.1, 0.15) is 5.56 Å². The van der Waals surface area contributed by atoms with Gasteiger partial charge in [0.15, 0.2) is 0 Å². The van der Waals surface area contributed by atoms with Crippen molar-refractivity contribution in [3.8, 4) is 0 Å². The fourth-order valence-electron chi connectivity index (χ4n) is 1.96. The quantitative estimate of drug-likeness (QED) is 0.534. The molecule has 0 nitrogen and oxygen atoms in total. The molecule has 15 heavy (non-hydrogen) atoms. The number of hydrogen-bond donors (Lipinski definition) is 0. The maximum atomic E-state index is 3.59. The van der Waals surface area contributed by atoms with E-state index in [1.807, 2.05) is 11.3 Å². The van der Waals surface area contributed by atoms with Crippen LogP contribution in [0.2, 0.25) is 0 Å². The molecule has 0 aliphatic heterocycles. The van der Waals surface area contributed by atoms with Crippen LogP contribution in [0.4, 0.5) is 0 Å². The lowest BCUT2D eigenvalue weighted by Gasteiger charge is -1.99. The van der Waals surface area contributed by atoms with Gasteiger partial charge in [0.2, 0.25) is 0 Å². The molecule has 0 spiro atoms. The second-order valence-electron chi connectivity index (χ2n) is 3.64. The molecule has 0 aliphatic carbocycles. The zero-order valence-corrected chi connectivity index (χ0v) is 10.7. The summed E-state index contributed by atoms with van der Waals surface area (Å²) >= 11 is 5.46. The second-order valence-corrected chi connectivity index (χ2v) is 5.58. The minimum atomic E-state index is 1.19. The van der Waals surface area contributed by atoms with Crippen molar-refractivity contribution in [2.24, 2.45) is 0 Å². The summed E-state index contributed by atoms with van der Waals surface area (Å²) in [6, 6.07) is 12.9. The Morgan fingerprint density at radius 2 is 1.80 bits per heavy atom. The number of benzene rings is 2. The first-order valence-corrected chi connectivity index (χ1v) is 6.44. The van der Waals surface area contributed by atoms with Crippen LogP contribution in [0, 0.1) is 6.92 Å². The molecule has 0 aliphatic rings. The van der Waals surface area contributed by atoms with E-state index in [4.69, 9.17) is 0 Å². The van der Waals surface area contributed by atoms with Gasteiger partial charge in [0.1, 0.15) is 0 Å². The van der Waals surface area contributed by atoms with Crippen LogP contribution in [-0.2, 0) is 0 Å². The van der Waals surface area contributed by atoms with E-state index in [1.54, 1.807) is 0 Å². The molecule has 0 unspecified atom stereocenters. The summed E-state index contributed by atoms with van der Waals surface area (Å²) < 4.78 is 3.93. The standard InChI is InChI=1S/C13H9BrS/c1-8-10(14)6-7-12-13(8)9-4-2-3-5-11(9)15-12/h2-7H,1H3. The molecule has 3 rings (SSSR count). The van der Waals surface area contributed by atoms with E-state index < -0.39 is 0 Å². The summed E-state index contributed by atoms with van der Waals surface area (Å²) in [6.45, 7) is 2.17. The Morgan fingerprint density at radius 3 is 2.67 bits per heavy atom. The predicted octanol–water partition coefficient (Wildman–Crippen LogP) is 5.13. The maximum absolute atomic E-state index is 3.59. The van der Waals surface area contributed by atoms with Gasteiger partial charge in [-0.15, -0.1) is 11.3 Å². The van der Waals surface area contributed by atoms with Crippen LogP contribution in [0.25, 0.3) is 20.2 Å². The van der Waals surface area contributed by atoms with Gasteiger partial charge in [0.05, 0.1) is 0 Å². The fraction of sp³-hybridized carbons (Fsp3) is 0.0769. The molecular weight excluding hydrogens is 268 g/mol. The molecule has 2 aromatic carbocycles. The predicted molar refractivity (Wildman–Crippen MR) is 71.8 cm³/mol. The lowest BCUT2D eigenvalue weighted by atomic mass is 10.1. The first kappa shape index (κ1) is 9.37. The van der Waals surface area contributed by atoms with Gasteiger partial charge in [-0.05, 0) is 30.7 Å². The third-order valence-electron chi connectivity index (χ3n) is 2.74. The average Bonchev–Trinajstić information content (AvgIpc) is 2.62. The van der Waals surface area contributed by atoms with Gasteiger partial charge in [0.25, 0.3) is 0 Å². The summed E-state index contributed by atoms with van der Waals surface area (Å²) in [7, 11) is 0. The molecule has 0 saturated carbocycles. The van der Waals surface area contributed by atoms with E-state index in [0.717, 1.165) is 0 Å². The van der Waals surface area contributed by atoms with Crippen LogP contribution in [0.15, 0.2) is 40.9 Å². The highest BCUT2D eigenvalue weighted by Gasteiger charge is 2.08. The summed E-state index contributed by atoms with van der Waals surface area (Å²) in [5, 5.41) is 2.77. The van der Waals surface area contributed by atoms with Gasteiger partial charge >= 0.3 is 0 Å². The third kappa shape index (κ3) is 1.32. The Balaban J connectivity index is 2.63. The van der Waals surface area contributed by atoms with Crippen LogP contribution in [0.5, 0.6) is 0 Å². The molecule has 74 valence electrons. The Kier molecular flexibility index (Phi) is 2.08. The Hall–Kier alpha value is -0.860. The molecule has 0 N–H and O–H groups in total. The third-order valence-corrected chi connectivity index (χ3v) is 4.73. The van der Waals surface area contributed by atoms with Gasteiger partial charge in [0, 0.05) is 24.6 Å². The number of aryl methyl sites for hydroxylation is 1. The molecule has 0 bridgehead atoms. The fourth-order valence-corrected chi connectivity index (χ4v) is 3.46. The van der Waals surface area contributed by atoms with Crippen LogP contribution in [0.3, 0.4) is 0 Å². The summed E-state index contributed by atoms with van der Waals surface area (Å²) in [4.78, 5) is 0. The Morgan fingerprint density at radius 1 is 1.00 bits per heavy atom. The second kappa shape index (κ2) is 3.32. The number of halogens is 1. The van der Waals surface area contributed by atoms with Gasteiger partial charge in [-0.2, -0.15) is 0 Å². The summed E-state index contributed by atoms with van der Waals surface area (Å²) in [5.41, 5.74) is 1.34. The topological polar surface area (TPSA) is 0 Å². The van der Waals surface area contributed by atoms with Crippen molar-refractivity contribution < 1.29 is 0 Å². The van der Waals surface area contributed by atoms with Crippen LogP contribution >= 0.6 is 27.3 Å². The lowest BCUT2D eigenvalue weighted by molar-refractivity contribution is 1.51. The highest BCUT2D eigenvalue weighted by atomic mass is 79.9. The first-order valence-electron chi connectivity index (χ1n) is 4.84. The normalized spacial score (nSPS) is 11.3. The van der Waals surface area contributed by atoms with E-state index in [9.17, 15) is 0 Å². The van der Waals surface area contributed by atoms with Gasteiger partial charge in [-0.25, -0.2) is 0 Å². The number of thiophene rings is 1. The Bertz CT molecular complexity index is 652. The van der Waals surface area contributed by atoms with Crippen LogP contribution < -0.4 is 0 Å². The van der Waals surface area contributed by atoms with Crippen molar-refractivity contribution in [2.75, 3.05) is 0 Å². The summed E-state index contributed by atoms with van der Waals surface area (Å²) in [5.74, 6) is 0. The zero-order chi connectivity index (χ0) is 10.4. The molecule has 3 aromatic rings. The van der Waals surface area contributed by atoms with E-state index >= 15 is 0 Å². The molecule has 1 heterocycles. The molecular formula is C13H9BrS. The van der Waals surface area contributed by atoms with Crippen molar-refractivity contribution in [1.82, 2.24) is 0 Å². The van der Waals surface area contributed by atoms with Crippen molar-refractivity contribution >= 4 is 47.4 Å². The van der Waals surface area contributed by atoms with E-state index in [0.29, 0.717) is 0 Å². The number of rotatable bonds is 0. The Labute approximate surface area is 101 Å². The zero-order valence-electron chi connectivity index (χ0n) is 8.25. The van der Waals surface area contributed by atoms with E-state index in [-0.39, 0.29) is 0 Å². The molecule has 0 fully saturated rings. The number of fused-ring (bicyclic) bond motifs is 3. The minimum absolute atomic E-state index is 1.19. The monoisotopic (exact) mass is 276 g/mol. The lowest BCUT2D eigenvalue weighted by Crippen LogP contribution is -1.76. The van der Waals surface area contributed by atoms with Crippen molar-refractivity contribution in [2.45, 2.75) is 6.92 Å². The minimum Gasteiger partial charge on any atom is -0.135 e. The van der Waals surface area contributed by atoms with Gasteiger partial charge < -0.3 is 0 Å². The average molecular weight is 277 g/mol. The molecule has 1 aromatic heterocycles. The molecule has 0 amide bonds. The first-order chi connectivity index (χ1) is 7.27. The highest BCUT2D eigenvalue weighted by Crippen LogP contribution is 2.37. The largest absolute Gasteiger partial charge is 0.135 e. The molecule has 0 saturated heterocycles.